The highest BCUT2D eigenvalue weighted by atomic mass is 32.1. The largest absolute Gasteiger partial charge is 0.497 e. The van der Waals surface area contributed by atoms with Crippen molar-refractivity contribution in [2.75, 3.05) is 32.1 Å². The average molecular weight is 889 g/mol. The summed E-state index contributed by atoms with van der Waals surface area (Å²) in [5.41, 5.74) is 0.0160. The number of aliphatic carboxylic acids is 1. The molecule has 4 fully saturated rings. The Morgan fingerprint density at radius 2 is 1.78 bits per heavy atom. The van der Waals surface area contributed by atoms with Gasteiger partial charge in [0.15, 0.2) is 5.13 Å². The number of likely N-dealkylation sites (tertiary alicyclic amines) is 1. The Labute approximate surface area is 373 Å². The Hall–Kier alpha value is -5.19. The van der Waals surface area contributed by atoms with Gasteiger partial charge in [-0.3, -0.25) is 14.4 Å². The zero-order valence-corrected chi connectivity index (χ0v) is 38.3. The first kappa shape index (κ1) is 45.8. The molecule has 3 saturated heterocycles. The van der Waals surface area contributed by atoms with Gasteiger partial charge in [0, 0.05) is 54.9 Å². The lowest BCUT2D eigenvalue weighted by molar-refractivity contribution is -0.145. The molecule has 5 N–H and O–H groups in total. The van der Waals surface area contributed by atoms with Crippen LogP contribution >= 0.6 is 11.3 Å². The van der Waals surface area contributed by atoms with Gasteiger partial charge in [0.1, 0.15) is 40.9 Å². The van der Waals surface area contributed by atoms with E-state index in [9.17, 15) is 29.1 Å². The summed E-state index contributed by atoms with van der Waals surface area (Å²) in [4.78, 5) is 81.8. The van der Waals surface area contributed by atoms with Gasteiger partial charge in [-0.15, -0.1) is 11.3 Å². The molecule has 17 heteroatoms. The van der Waals surface area contributed by atoms with E-state index < -0.39 is 59.0 Å². The third kappa shape index (κ3) is 10.8. The minimum atomic E-state index is -1.40. The van der Waals surface area contributed by atoms with Crippen LogP contribution in [-0.4, -0.2) is 117 Å². The standard InChI is InChI=1S/C46H64N8O8S/c1-27(2)47-44-50-35(26-63-44)34-22-37(31-18-17-29(61-6)20-33(31)48-34)62-30-21-36-40(56)52-46(42(58)59)23-28(46)14-10-8-7-9-11-15-32(41(57)54(36)24-30)49-43(60)51-38(45(3,4)5)25-53-19-13-12-16-39(53)55/h17-18,20,22,26-28,30,32,36,38H,7-16,19,21,23-25H2,1-6H3,(H,47,50)(H,52,56)(H,58,59)(H2,49,51,60)/t28-,30+,32-,36-,38+,46+/m0/s1. The molecule has 1 aromatic carbocycles. The van der Waals surface area contributed by atoms with E-state index in [1.807, 2.05) is 64.3 Å². The van der Waals surface area contributed by atoms with Crippen LogP contribution in [0.25, 0.3) is 22.3 Å². The summed E-state index contributed by atoms with van der Waals surface area (Å²) in [5.74, 6) is -1.13. The first-order chi connectivity index (χ1) is 30.0. The number of ether oxygens (including phenoxy) is 2. The molecule has 0 radical (unpaired) electrons. The van der Waals surface area contributed by atoms with E-state index in [0.29, 0.717) is 79.0 Å². The van der Waals surface area contributed by atoms with Gasteiger partial charge in [-0.05, 0) is 69.4 Å². The topological polar surface area (TPSA) is 204 Å². The van der Waals surface area contributed by atoms with Crippen LogP contribution in [0.1, 0.15) is 112 Å². The normalized spacial score (nSPS) is 25.3. The molecule has 2 aromatic heterocycles. The van der Waals surface area contributed by atoms with E-state index >= 15 is 0 Å². The number of benzene rings is 1. The first-order valence-corrected chi connectivity index (χ1v) is 23.5. The lowest BCUT2D eigenvalue weighted by atomic mass is 9.86. The van der Waals surface area contributed by atoms with Crippen LogP contribution in [0.5, 0.6) is 11.5 Å². The van der Waals surface area contributed by atoms with Gasteiger partial charge < -0.3 is 45.6 Å². The fourth-order valence-electron chi connectivity index (χ4n) is 9.14. The number of hydrogen-bond donors (Lipinski definition) is 5. The third-order valence-electron chi connectivity index (χ3n) is 13.0. The second-order valence-electron chi connectivity index (χ2n) is 19.1. The summed E-state index contributed by atoms with van der Waals surface area (Å²) in [6, 6.07) is 4.49. The molecule has 6 atom stereocenters. The van der Waals surface area contributed by atoms with E-state index in [1.54, 1.807) is 12.0 Å². The monoisotopic (exact) mass is 888 g/mol. The quantitative estimate of drug-likeness (QED) is 0.144. The molecule has 4 aliphatic rings. The van der Waals surface area contributed by atoms with Crippen molar-refractivity contribution in [1.29, 1.82) is 0 Å². The molecule has 342 valence electrons. The van der Waals surface area contributed by atoms with Gasteiger partial charge in [-0.1, -0.05) is 52.9 Å². The zero-order chi connectivity index (χ0) is 45.1. The SMILES string of the molecule is COc1ccc2c(O[C@@H]3C[C@H]4C(=O)N[C@]5(C(=O)O)C[C@@H]5CCCCCCC[C@H](NC(=O)N[C@H](CN5CCCCC5=O)C(C)(C)C)C(=O)N4C3)cc(-c3csc(NC(C)C)n3)nc2c1. The first-order valence-electron chi connectivity index (χ1n) is 22.6. The third-order valence-corrected chi connectivity index (χ3v) is 13.7. The number of nitrogens with zero attached hydrogens (tertiary/aromatic N) is 4. The molecule has 16 nitrogen and oxygen atoms in total. The highest BCUT2D eigenvalue weighted by Crippen LogP contribution is 2.48. The second kappa shape index (κ2) is 19.3. The van der Waals surface area contributed by atoms with Crippen molar-refractivity contribution in [1.82, 2.24) is 35.7 Å². The summed E-state index contributed by atoms with van der Waals surface area (Å²) < 4.78 is 12.3. The number of carbonyl (C=O) groups is 5. The molecule has 0 unspecified atom stereocenters. The Balaban J connectivity index is 1.18. The number of methoxy groups -OCH3 is 1. The van der Waals surface area contributed by atoms with Crippen molar-refractivity contribution in [3.8, 4) is 22.9 Å². The molecule has 3 aliphatic heterocycles. The van der Waals surface area contributed by atoms with Crippen LogP contribution in [0, 0.1) is 11.3 Å². The fraction of sp³-hybridized carbons (Fsp3) is 0.630. The summed E-state index contributed by atoms with van der Waals surface area (Å²) in [5, 5.41) is 26.1. The summed E-state index contributed by atoms with van der Waals surface area (Å²) in [6.07, 6.45) is 7.13. The molecular weight excluding hydrogens is 825 g/mol. The number of carbonyl (C=O) groups excluding carboxylic acids is 4. The van der Waals surface area contributed by atoms with Crippen LogP contribution in [0.3, 0.4) is 0 Å². The number of amides is 5. The van der Waals surface area contributed by atoms with Crippen LogP contribution in [-0.2, 0) is 19.2 Å². The Morgan fingerprint density at radius 1 is 1.02 bits per heavy atom. The van der Waals surface area contributed by atoms with E-state index in [2.05, 4.69) is 21.3 Å². The molecule has 0 bridgehead atoms. The molecule has 1 saturated carbocycles. The van der Waals surface area contributed by atoms with Gasteiger partial charge in [0.25, 0.3) is 0 Å². The minimum Gasteiger partial charge on any atom is -0.497 e. The van der Waals surface area contributed by atoms with Crippen molar-refractivity contribution >= 4 is 57.1 Å². The van der Waals surface area contributed by atoms with Crippen LogP contribution in [0.15, 0.2) is 29.6 Å². The van der Waals surface area contributed by atoms with Gasteiger partial charge in [0.05, 0.1) is 30.9 Å². The smallest absolute Gasteiger partial charge is 0.329 e. The molecule has 1 aliphatic carbocycles. The predicted molar refractivity (Wildman–Crippen MR) is 241 cm³/mol. The van der Waals surface area contributed by atoms with Crippen LogP contribution < -0.4 is 30.7 Å². The van der Waals surface area contributed by atoms with Crippen molar-refractivity contribution in [2.45, 2.75) is 147 Å². The van der Waals surface area contributed by atoms with E-state index in [-0.39, 0.29) is 30.8 Å². The number of urea groups is 1. The minimum absolute atomic E-state index is 0.0103. The zero-order valence-electron chi connectivity index (χ0n) is 37.5. The summed E-state index contributed by atoms with van der Waals surface area (Å²) >= 11 is 1.47. The maximum Gasteiger partial charge on any atom is 0.329 e. The molecule has 3 aromatic rings. The number of hydrogen-bond acceptors (Lipinski definition) is 11. The molecule has 0 spiro atoms. The average Bonchev–Trinajstić information content (AvgIpc) is 3.49. The van der Waals surface area contributed by atoms with E-state index in [0.717, 1.165) is 43.7 Å². The Bertz CT molecular complexity index is 2170. The van der Waals surface area contributed by atoms with Crippen molar-refractivity contribution in [2.24, 2.45) is 11.3 Å². The lowest BCUT2D eigenvalue weighted by Gasteiger charge is -2.37. The van der Waals surface area contributed by atoms with Gasteiger partial charge in [0.2, 0.25) is 17.7 Å². The molecule has 63 heavy (non-hydrogen) atoms. The maximum atomic E-state index is 14.9. The Kier molecular flexibility index (Phi) is 14.0. The molecule has 5 amide bonds. The number of rotatable bonds is 11. The number of anilines is 1. The summed E-state index contributed by atoms with van der Waals surface area (Å²) in [6.45, 7) is 11.1. The van der Waals surface area contributed by atoms with Gasteiger partial charge >= 0.3 is 12.0 Å². The van der Waals surface area contributed by atoms with Gasteiger partial charge in [-0.25, -0.2) is 19.6 Å². The number of thiazole rings is 1. The number of piperidine rings is 1. The number of nitrogens with one attached hydrogen (secondary N) is 4. The van der Waals surface area contributed by atoms with Gasteiger partial charge in [-0.2, -0.15) is 0 Å². The Morgan fingerprint density at radius 3 is 2.49 bits per heavy atom. The van der Waals surface area contributed by atoms with Crippen LogP contribution in [0.2, 0.25) is 0 Å². The molecule has 7 rings (SSSR count). The second-order valence-corrected chi connectivity index (χ2v) is 20.0. The van der Waals surface area contributed by atoms with Crippen molar-refractivity contribution in [3.05, 3.63) is 29.6 Å². The number of fused-ring (bicyclic) bond motifs is 3. The number of carboxylic acid groups (broad SMARTS) is 1. The molecule has 5 heterocycles. The van der Waals surface area contributed by atoms with Crippen molar-refractivity contribution in [3.63, 3.8) is 0 Å². The lowest BCUT2D eigenvalue weighted by Crippen LogP contribution is -2.59. The number of carboxylic acids is 1. The fourth-order valence-corrected chi connectivity index (χ4v) is 9.99. The maximum absolute atomic E-state index is 14.9. The van der Waals surface area contributed by atoms with E-state index in [1.165, 1.54) is 16.2 Å². The number of pyridine rings is 1. The highest BCUT2D eigenvalue weighted by molar-refractivity contribution is 7.14. The van der Waals surface area contributed by atoms with Crippen LogP contribution in [0.4, 0.5) is 9.93 Å². The van der Waals surface area contributed by atoms with E-state index in [4.69, 9.17) is 19.4 Å². The number of aromatic nitrogens is 2. The van der Waals surface area contributed by atoms with Crippen molar-refractivity contribution < 1.29 is 38.6 Å². The summed E-state index contributed by atoms with van der Waals surface area (Å²) in [7, 11) is 1.58. The molecular formula is C46H64N8O8S. The highest BCUT2D eigenvalue weighted by Gasteiger charge is 2.62. The predicted octanol–water partition coefficient (Wildman–Crippen LogP) is 6.33.